The van der Waals surface area contributed by atoms with E-state index in [1.165, 1.54) is 12.2 Å². The first kappa shape index (κ1) is 22.9. The molecule has 0 saturated heterocycles. The molecule has 0 saturated carbocycles. The van der Waals surface area contributed by atoms with E-state index in [9.17, 15) is 13.2 Å². The van der Waals surface area contributed by atoms with E-state index in [0.29, 0.717) is 25.2 Å². The Balaban J connectivity index is 1.72. The van der Waals surface area contributed by atoms with Crippen LogP contribution in [0.1, 0.15) is 37.5 Å². The first-order valence-electron chi connectivity index (χ1n) is 9.92. The van der Waals surface area contributed by atoms with E-state index in [0.717, 1.165) is 16.7 Å². The lowest BCUT2D eigenvalue weighted by molar-refractivity contribution is -0.151. The molecule has 0 amide bonds. The highest BCUT2D eigenvalue weighted by Crippen LogP contribution is 2.29. The number of ether oxygens (including phenoxy) is 2. The highest BCUT2D eigenvalue weighted by atomic mass is 32.2. The summed E-state index contributed by atoms with van der Waals surface area (Å²) in [6.45, 7) is 8.02. The van der Waals surface area contributed by atoms with Gasteiger partial charge < -0.3 is 14.3 Å². The van der Waals surface area contributed by atoms with Gasteiger partial charge in [-0.1, -0.05) is 12.1 Å². The molecule has 1 aliphatic rings. The quantitative estimate of drug-likeness (QED) is 0.690. The lowest BCUT2D eigenvalue weighted by Gasteiger charge is -2.28. The fraction of sp³-hybridized carbons (Fsp3) is 0.409. The molecule has 8 nitrogen and oxygen atoms in total. The molecule has 2 aromatic rings. The van der Waals surface area contributed by atoms with Gasteiger partial charge in [-0.05, 0) is 75.1 Å². The highest BCUT2D eigenvalue weighted by molar-refractivity contribution is 7.92. The Labute approximate surface area is 183 Å². The van der Waals surface area contributed by atoms with Crippen molar-refractivity contribution in [2.75, 3.05) is 18.4 Å². The number of carbonyl (C=O) groups is 1. The molecule has 0 fully saturated rings. The smallest absolute Gasteiger partial charge is 0.495 e. The van der Waals surface area contributed by atoms with Crippen LogP contribution in [-0.2, 0) is 32.6 Å². The summed E-state index contributed by atoms with van der Waals surface area (Å²) in [7, 11) is -2.38. The van der Waals surface area contributed by atoms with E-state index in [1.807, 2.05) is 13.0 Å². The van der Waals surface area contributed by atoms with Gasteiger partial charge in [0.2, 0.25) is 0 Å². The molecule has 9 heteroatoms. The summed E-state index contributed by atoms with van der Waals surface area (Å²) in [5.41, 5.74) is 2.59. The SMILES string of the molecule is COc1ccc(C)cc1S(=O)(=O)Nc1ccc2c(c1)CCN(OC(=O)OC(C)(C)C)C2. The fourth-order valence-electron chi connectivity index (χ4n) is 3.25. The van der Waals surface area contributed by atoms with Crippen molar-refractivity contribution in [3.8, 4) is 5.75 Å². The largest absolute Gasteiger partial charge is 0.528 e. The minimum atomic E-state index is -3.82. The summed E-state index contributed by atoms with van der Waals surface area (Å²) in [6, 6.07) is 10.3. The van der Waals surface area contributed by atoms with Crippen molar-refractivity contribution in [2.24, 2.45) is 0 Å². The molecule has 1 N–H and O–H groups in total. The lowest BCUT2D eigenvalue weighted by atomic mass is 10.0. The molecule has 0 atom stereocenters. The van der Waals surface area contributed by atoms with Gasteiger partial charge >= 0.3 is 6.16 Å². The van der Waals surface area contributed by atoms with Crippen LogP contribution in [0.25, 0.3) is 0 Å². The maximum absolute atomic E-state index is 12.9. The Morgan fingerprint density at radius 2 is 1.84 bits per heavy atom. The van der Waals surface area contributed by atoms with Crippen LogP contribution < -0.4 is 9.46 Å². The highest BCUT2D eigenvalue weighted by Gasteiger charge is 2.25. The number of rotatable bonds is 5. The zero-order valence-electron chi connectivity index (χ0n) is 18.4. The Hall–Kier alpha value is -2.78. The molecule has 0 bridgehead atoms. The van der Waals surface area contributed by atoms with Crippen molar-refractivity contribution in [2.45, 2.75) is 51.2 Å². The summed E-state index contributed by atoms with van der Waals surface area (Å²) in [6.07, 6.45) is -0.144. The van der Waals surface area contributed by atoms with Crippen molar-refractivity contribution in [1.82, 2.24) is 5.06 Å². The molecule has 31 heavy (non-hydrogen) atoms. The predicted molar refractivity (Wildman–Crippen MR) is 116 cm³/mol. The summed E-state index contributed by atoms with van der Waals surface area (Å²) in [5.74, 6) is 0.283. The standard InChI is InChI=1S/C22H28N2O6S/c1-15-6-9-19(28-5)20(12-15)31(26,27)23-18-8-7-17-14-24(11-10-16(17)13-18)30-21(25)29-22(2,3)4/h6-9,12-13,23H,10-11,14H2,1-5H3. The predicted octanol–water partition coefficient (Wildman–Crippen LogP) is 4.03. The molecule has 0 aromatic heterocycles. The summed E-state index contributed by atoms with van der Waals surface area (Å²) >= 11 is 0. The van der Waals surface area contributed by atoms with Gasteiger partial charge in [-0.3, -0.25) is 4.72 Å². The molecule has 3 rings (SSSR count). The molecule has 0 radical (unpaired) electrons. The maximum Gasteiger partial charge on any atom is 0.528 e. The van der Waals surface area contributed by atoms with E-state index in [2.05, 4.69) is 4.72 Å². The molecule has 1 heterocycles. The number of anilines is 1. The maximum atomic E-state index is 12.9. The third-order valence-corrected chi connectivity index (χ3v) is 6.04. The molecule has 0 aliphatic carbocycles. The van der Waals surface area contributed by atoms with Crippen LogP contribution in [0.5, 0.6) is 5.75 Å². The molecular formula is C22H28N2O6S. The van der Waals surface area contributed by atoms with Crippen molar-refractivity contribution < 1.29 is 27.5 Å². The number of fused-ring (bicyclic) bond motifs is 1. The van der Waals surface area contributed by atoms with E-state index < -0.39 is 21.8 Å². The van der Waals surface area contributed by atoms with E-state index >= 15 is 0 Å². The van der Waals surface area contributed by atoms with Gasteiger partial charge in [-0.25, -0.2) is 13.2 Å². The Morgan fingerprint density at radius 3 is 2.52 bits per heavy atom. The second kappa shape index (κ2) is 8.76. The number of methoxy groups -OCH3 is 1. The number of benzene rings is 2. The van der Waals surface area contributed by atoms with E-state index in [4.69, 9.17) is 14.3 Å². The average molecular weight is 449 g/mol. The number of aryl methyl sites for hydroxylation is 1. The van der Waals surface area contributed by atoms with Crippen LogP contribution in [0, 0.1) is 6.92 Å². The topological polar surface area (TPSA) is 94.2 Å². The minimum Gasteiger partial charge on any atom is -0.495 e. The number of hydroxylamine groups is 2. The summed E-state index contributed by atoms with van der Waals surface area (Å²) in [4.78, 5) is 17.3. The minimum absolute atomic E-state index is 0.0876. The van der Waals surface area contributed by atoms with Crippen LogP contribution in [0.4, 0.5) is 10.5 Å². The number of hydrogen-bond acceptors (Lipinski definition) is 7. The summed E-state index contributed by atoms with van der Waals surface area (Å²) in [5, 5.41) is 1.54. The van der Waals surface area contributed by atoms with Crippen molar-refractivity contribution in [1.29, 1.82) is 0 Å². The lowest BCUT2D eigenvalue weighted by Crippen LogP contribution is -2.35. The van der Waals surface area contributed by atoms with E-state index in [-0.39, 0.29) is 10.6 Å². The number of sulfonamides is 1. The molecule has 0 unspecified atom stereocenters. The second-order valence-corrected chi connectivity index (χ2v) is 10.1. The first-order valence-corrected chi connectivity index (χ1v) is 11.4. The number of nitrogens with one attached hydrogen (secondary N) is 1. The van der Waals surface area contributed by atoms with Gasteiger partial charge in [0.05, 0.1) is 13.7 Å². The van der Waals surface area contributed by atoms with Crippen LogP contribution in [0.2, 0.25) is 0 Å². The van der Waals surface area contributed by atoms with Crippen LogP contribution in [0.3, 0.4) is 0 Å². The van der Waals surface area contributed by atoms with Crippen molar-refractivity contribution in [3.63, 3.8) is 0 Å². The fourth-order valence-corrected chi connectivity index (χ4v) is 4.55. The zero-order chi connectivity index (χ0) is 22.8. The molecule has 2 aromatic carbocycles. The molecule has 0 spiro atoms. The van der Waals surface area contributed by atoms with Gasteiger partial charge in [0.15, 0.2) is 0 Å². The van der Waals surface area contributed by atoms with Gasteiger partial charge in [-0.2, -0.15) is 0 Å². The number of nitrogens with zero attached hydrogens (tertiary/aromatic N) is 1. The normalized spacial score (nSPS) is 14.5. The number of carbonyl (C=O) groups excluding carboxylic acids is 1. The van der Waals surface area contributed by atoms with Crippen molar-refractivity contribution in [3.05, 3.63) is 53.1 Å². The van der Waals surface area contributed by atoms with Crippen LogP contribution >= 0.6 is 0 Å². The Bertz CT molecular complexity index is 1080. The molecule has 1 aliphatic heterocycles. The Morgan fingerprint density at radius 1 is 1.10 bits per heavy atom. The average Bonchev–Trinajstić information content (AvgIpc) is 2.66. The van der Waals surface area contributed by atoms with E-state index in [1.54, 1.807) is 51.1 Å². The van der Waals surface area contributed by atoms with Gasteiger partial charge in [0, 0.05) is 12.2 Å². The van der Waals surface area contributed by atoms with Crippen molar-refractivity contribution >= 4 is 21.9 Å². The monoisotopic (exact) mass is 448 g/mol. The molecular weight excluding hydrogens is 420 g/mol. The van der Waals surface area contributed by atoms with Gasteiger partial charge in [0.25, 0.3) is 10.0 Å². The van der Waals surface area contributed by atoms with Crippen LogP contribution in [0.15, 0.2) is 41.3 Å². The number of hydrogen-bond donors (Lipinski definition) is 1. The second-order valence-electron chi connectivity index (χ2n) is 8.41. The Kier molecular flexibility index (Phi) is 6.47. The van der Waals surface area contributed by atoms with Gasteiger partial charge in [-0.15, -0.1) is 5.06 Å². The molecule has 168 valence electrons. The third-order valence-electron chi connectivity index (χ3n) is 4.64. The summed E-state index contributed by atoms with van der Waals surface area (Å²) < 4.78 is 38.9. The van der Waals surface area contributed by atoms with Crippen LogP contribution in [-0.4, -0.2) is 38.9 Å². The third kappa shape index (κ3) is 5.89. The zero-order valence-corrected chi connectivity index (χ0v) is 19.2. The van der Waals surface area contributed by atoms with Gasteiger partial charge in [0.1, 0.15) is 16.2 Å². The first-order chi connectivity index (χ1) is 14.5.